The summed E-state index contributed by atoms with van der Waals surface area (Å²) < 4.78 is 0. The van der Waals surface area contributed by atoms with Crippen LogP contribution in [0.25, 0.3) is 10.9 Å². The van der Waals surface area contributed by atoms with Crippen molar-refractivity contribution in [2.45, 2.75) is 121 Å². The number of aliphatic hydroxyl groups is 2. The summed E-state index contributed by atoms with van der Waals surface area (Å²) in [6, 6.07) is 6.14. The molecule has 1 aromatic carbocycles. The van der Waals surface area contributed by atoms with Crippen LogP contribution in [0.2, 0.25) is 0 Å². The van der Waals surface area contributed by atoms with Crippen molar-refractivity contribution in [3.05, 3.63) is 47.7 Å². The Kier molecular flexibility index (Phi) is 12.1. The van der Waals surface area contributed by atoms with Gasteiger partial charge in [0.25, 0.3) is 0 Å². The number of amides is 1. The molecular weight excluding hydrogens is 498 g/mol. The monoisotopic (exact) mass is 551 g/mol. The number of unbranched alkanes of at least 4 members (excludes halogenated alkanes) is 11. The highest BCUT2D eigenvalue weighted by atomic mass is 16.3. The second-order valence-corrected chi connectivity index (χ2v) is 12.4. The van der Waals surface area contributed by atoms with Gasteiger partial charge in [-0.1, -0.05) is 95.4 Å². The number of nitrogens with zero attached hydrogens (tertiary/aromatic N) is 1. The van der Waals surface area contributed by atoms with Crippen molar-refractivity contribution in [2.24, 2.45) is 5.92 Å². The van der Waals surface area contributed by atoms with Crippen molar-refractivity contribution in [3.63, 3.8) is 0 Å². The van der Waals surface area contributed by atoms with Crippen LogP contribution in [0.3, 0.4) is 0 Å². The summed E-state index contributed by atoms with van der Waals surface area (Å²) in [6.07, 6.45) is 22.2. The number of H-pyrrole nitrogens is 1. The van der Waals surface area contributed by atoms with Crippen molar-refractivity contribution in [1.82, 2.24) is 15.2 Å². The fourth-order valence-electron chi connectivity index (χ4n) is 6.97. The SMILES string of the molecule is CCCCCCCCCCCCCC=CC(O)C(CO)NC(=O)C1CC2c3cccc4[nH]cc(c34)CC2N(C)C1. The van der Waals surface area contributed by atoms with E-state index in [1.54, 1.807) is 6.08 Å². The average molecular weight is 552 g/mol. The first kappa shape index (κ1) is 30.8. The fourth-order valence-corrected chi connectivity index (χ4v) is 6.97. The molecule has 5 atom stereocenters. The first-order chi connectivity index (χ1) is 19.5. The molecule has 1 fully saturated rings. The van der Waals surface area contributed by atoms with Gasteiger partial charge in [-0.3, -0.25) is 4.79 Å². The van der Waals surface area contributed by atoms with Crippen LogP contribution in [-0.2, 0) is 11.2 Å². The minimum Gasteiger partial charge on any atom is -0.394 e. The molecular formula is C34H53N3O3. The Hall–Kier alpha value is -2.15. The molecule has 6 nitrogen and oxygen atoms in total. The minimum atomic E-state index is -0.887. The summed E-state index contributed by atoms with van der Waals surface area (Å²) in [7, 11) is 2.12. The lowest BCUT2D eigenvalue weighted by atomic mass is 9.72. The molecule has 222 valence electrons. The average Bonchev–Trinajstić information content (AvgIpc) is 3.38. The number of carbonyl (C=O) groups is 1. The molecule has 0 bridgehead atoms. The number of aromatic nitrogens is 1. The number of aliphatic hydroxyl groups excluding tert-OH is 2. The van der Waals surface area contributed by atoms with Gasteiger partial charge in [0.15, 0.2) is 0 Å². The van der Waals surface area contributed by atoms with Crippen LogP contribution in [0.4, 0.5) is 0 Å². The zero-order valence-corrected chi connectivity index (χ0v) is 24.9. The highest BCUT2D eigenvalue weighted by Gasteiger charge is 2.41. The quantitative estimate of drug-likeness (QED) is 0.139. The first-order valence-corrected chi connectivity index (χ1v) is 16.1. The van der Waals surface area contributed by atoms with E-state index in [1.165, 1.54) is 86.2 Å². The van der Waals surface area contributed by atoms with Crippen LogP contribution in [0, 0.1) is 5.92 Å². The van der Waals surface area contributed by atoms with Gasteiger partial charge in [-0.15, -0.1) is 0 Å². The number of benzene rings is 1. The van der Waals surface area contributed by atoms with Crippen LogP contribution >= 0.6 is 0 Å². The van der Waals surface area contributed by atoms with Gasteiger partial charge in [0, 0.05) is 35.6 Å². The maximum absolute atomic E-state index is 13.3. The summed E-state index contributed by atoms with van der Waals surface area (Å²) >= 11 is 0. The zero-order valence-electron chi connectivity index (χ0n) is 24.9. The smallest absolute Gasteiger partial charge is 0.224 e. The van der Waals surface area contributed by atoms with Gasteiger partial charge in [0.2, 0.25) is 5.91 Å². The van der Waals surface area contributed by atoms with Crippen molar-refractivity contribution in [2.75, 3.05) is 20.2 Å². The highest BCUT2D eigenvalue weighted by Crippen LogP contribution is 2.44. The molecule has 1 aliphatic heterocycles. The predicted molar refractivity (Wildman–Crippen MR) is 165 cm³/mol. The van der Waals surface area contributed by atoms with Crippen LogP contribution in [0.5, 0.6) is 0 Å². The Morgan fingerprint density at radius 3 is 2.50 bits per heavy atom. The van der Waals surface area contributed by atoms with Crippen molar-refractivity contribution < 1.29 is 15.0 Å². The van der Waals surface area contributed by atoms with E-state index in [4.69, 9.17) is 0 Å². The molecule has 4 N–H and O–H groups in total. The topological polar surface area (TPSA) is 88.6 Å². The van der Waals surface area contributed by atoms with Crippen molar-refractivity contribution in [3.8, 4) is 0 Å². The van der Waals surface area contributed by atoms with E-state index < -0.39 is 12.1 Å². The maximum Gasteiger partial charge on any atom is 0.224 e. The number of nitrogens with one attached hydrogen (secondary N) is 2. The molecule has 1 saturated heterocycles. The van der Waals surface area contributed by atoms with Crippen LogP contribution in [0.15, 0.2) is 36.5 Å². The van der Waals surface area contributed by atoms with E-state index in [1.807, 2.05) is 6.08 Å². The van der Waals surface area contributed by atoms with Crippen molar-refractivity contribution in [1.29, 1.82) is 0 Å². The van der Waals surface area contributed by atoms with Gasteiger partial charge in [-0.05, 0) is 49.9 Å². The Morgan fingerprint density at radius 1 is 1.10 bits per heavy atom. The van der Waals surface area contributed by atoms with Gasteiger partial charge in [-0.2, -0.15) is 0 Å². The molecule has 2 aromatic rings. The standard InChI is InChI=1S/C34H53N3O3/c1-3-4-5-6-7-8-9-10-11-12-13-14-15-19-32(39)30(24-38)36-34(40)26-20-28-27-17-16-18-29-33(27)25(22-35-29)21-31(28)37(2)23-26/h15-19,22,26,28,30-32,35,38-39H,3-14,20-21,23-24H2,1-2H3,(H,36,40). The third-order valence-electron chi connectivity index (χ3n) is 9.34. The third kappa shape index (κ3) is 7.98. The molecule has 5 unspecified atom stereocenters. The second kappa shape index (κ2) is 15.7. The normalized spacial score (nSPS) is 22.4. The molecule has 2 heterocycles. The minimum absolute atomic E-state index is 0.0748. The second-order valence-electron chi connectivity index (χ2n) is 12.4. The number of hydrogen-bond donors (Lipinski definition) is 4. The van der Waals surface area contributed by atoms with Gasteiger partial charge in [0.1, 0.15) is 0 Å². The van der Waals surface area contributed by atoms with Gasteiger partial charge in [-0.25, -0.2) is 0 Å². The number of rotatable bonds is 17. The summed E-state index contributed by atoms with van der Waals surface area (Å²) in [5.74, 6) is 0.0439. The molecule has 40 heavy (non-hydrogen) atoms. The summed E-state index contributed by atoms with van der Waals surface area (Å²) in [5, 5.41) is 24.9. The fraction of sp³-hybridized carbons (Fsp3) is 0.676. The van der Waals surface area contributed by atoms with Gasteiger partial charge in [0.05, 0.1) is 24.7 Å². The third-order valence-corrected chi connectivity index (χ3v) is 9.34. The number of fused-ring (bicyclic) bond motifs is 2. The lowest BCUT2D eigenvalue weighted by molar-refractivity contribution is -0.129. The predicted octanol–water partition coefficient (Wildman–Crippen LogP) is 6.22. The molecule has 0 radical (unpaired) electrons. The largest absolute Gasteiger partial charge is 0.394 e. The molecule has 0 saturated carbocycles. The number of likely N-dealkylation sites (N-methyl/N-ethyl adjacent to an activating group) is 1. The van der Waals surface area contributed by atoms with E-state index in [9.17, 15) is 15.0 Å². The first-order valence-electron chi connectivity index (χ1n) is 16.1. The number of likely N-dealkylation sites (tertiary alicyclic amines) is 1. The summed E-state index contributed by atoms with van der Waals surface area (Å²) in [4.78, 5) is 19.1. The summed E-state index contributed by atoms with van der Waals surface area (Å²) in [5.41, 5.74) is 3.87. The lowest BCUT2D eigenvalue weighted by Gasteiger charge is -2.45. The van der Waals surface area contributed by atoms with E-state index in [2.05, 4.69) is 53.6 Å². The van der Waals surface area contributed by atoms with E-state index in [0.717, 1.165) is 25.7 Å². The number of piperidine rings is 1. The number of hydrogen-bond acceptors (Lipinski definition) is 4. The Bertz CT molecular complexity index is 1080. The maximum atomic E-state index is 13.3. The Balaban J connectivity index is 1.18. The van der Waals surface area contributed by atoms with E-state index in [-0.39, 0.29) is 18.4 Å². The van der Waals surface area contributed by atoms with Crippen LogP contribution in [-0.4, -0.2) is 64.4 Å². The molecule has 0 spiro atoms. The zero-order chi connectivity index (χ0) is 28.3. The Labute approximate surface area is 241 Å². The van der Waals surface area contributed by atoms with Gasteiger partial charge < -0.3 is 25.4 Å². The van der Waals surface area contributed by atoms with Gasteiger partial charge >= 0.3 is 0 Å². The molecule has 2 aliphatic rings. The van der Waals surface area contributed by atoms with E-state index >= 15 is 0 Å². The van der Waals surface area contributed by atoms with Crippen LogP contribution < -0.4 is 5.32 Å². The highest BCUT2D eigenvalue weighted by molar-refractivity contribution is 5.88. The van der Waals surface area contributed by atoms with Crippen LogP contribution in [0.1, 0.15) is 107 Å². The van der Waals surface area contributed by atoms with Crippen molar-refractivity contribution >= 4 is 16.8 Å². The molecule has 1 aromatic heterocycles. The Morgan fingerprint density at radius 2 is 1.80 bits per heavy atom. The molecule has 1 aliphatic carbocycles. The number of carbonyl (C=O) groups excluding carboxylic acids is 1. The molecule has 6 heteroatoms. The molecule has 4 rings (SSSR count). The summed E-state index contributed by atoms with van der Waals surface area (Å²) in [6.45, 7) is 2.67. The lowest BCUT2D eigenvalue weighted by Crippen LogP contribution is -2.54. The number of aromatic amines is 1. The van der Waals surface area contributed by atoms with E-state index in [0.29, 0.717) is 18.5 Å². The molecule has 1 amide bonds. The number of allylic oxidation sites excluding steroid dienone is 1.